The lowest BCUT2D eigenvalue weighted by Gasteiger charge is -1.31. The minimum Gasteiger partial charge on any atom is -0.103 e. The van der Waals surface area contributed by atoms with Gasteiger partial charge in [-0.15, -0.1) is 13.1 Å². The van der Waals surface area contributed by atoms with Gasteiger partial charge in [-0.3, -0.25) is 0 Å². The molecule has 0 fully saturated rings. The molecule has 0 N–H and O–H groups in total. The van der Waals surface area contributed by atoms with Crippen LogP contribution in [0.2, 0.25) is 0 Å². The van der Waals surface area contributed by atoms with Crippen LogP contribution < -0.4 is 0 Å². The molecule has 0 bridgehead atoms. The standard InChI is InChI=1S/2C3H6/c2*1-3-2/h2*3H,1H2,2H3/i1D2,2D3,3D;. The fraction of sp³-hybridized carbons (Fsp3) is 0.333. The molecule has 0 rings (SSSR count). The zero-order valence-corrected chi connectivity index (χ0v) is 3.78. The normalized spacial score (nSPS) is 20.2. The first kappa shape index (κ1) is 1.22. The molecule has 0 aliphatic carbocycles. The first-order valence-electron chi connectivity index (χ1n) is 4.49. The van der Waals surface area contributed by atoms with Crippen molar-refractivity contribution in [3.8, 4) is 0 Å². The van der Waals surface area contributed by atoms with Gasteiger partial charge in [0.05, 0.1) is 4.11 Å². The van der Waals surface area contributed by atoms with Gasteiger partial charge in [0.1, 0.15) is 0 Å². The third-order valence-corrected chi connectivity index (χ3v) is 0. The van der Waals surface area contributed by atoms with Crippen LogP contribution in [0, 0.1) is 0 Å². The van der Waals surface area contributed by atoms with E-state index in [2.05, 4.69) is 6.58 Å². The Morgan fingerprint density at radius 3 is 2.67 bits per heavy atom. The van der Waals surface area contributed by atoms with Crippen molar-refractivity contribution in [2.24, 2.45) is 0 Å². The maximum atomic E-state index is 6.62. The van der Waals surface area contributed by atoms with Crippen molar-refractivity contribution in [2.75, 3.05) is 0 Å². The predicted molar refractivity (Wildman–Crippen MR) is 31.7 cm³/mol. The summed E-state index contributed by atoms with van der Waals surface area (Å²) in [4.78, 5) is 0. The zero-order valence-electron chi connectivity index (χ0n) is 9.78. The summed E-state index contributed by atoms with van der Waals surface area (Å²) in [6.07, 6.45) is 1.75. The SMILES string of the molecule is C=CC.[2H]C([2H])=C([2H])C([2H])([2H])[2H]. The van der Waals surface area contributed by atoms with Gasteiger partial charge in [0, 0.05) is 4.11 Å². The highest BCUT2D eigenvalue weighted by Crippen LogP contribution is 1.38. The highest BCUT2D eigenvalue weighted by Gasteiger charge is 1.15. The van der Waals surface area contributed by atoms with E-state index >= 15 is 0 Å². The number of allylic oxidation sites excluding steroid dienone is 2. The molecule has 0 saturated heterocycles. The molecule has 0 aromatic rings. The quantitative estimate of drug-likeness (QED) is 0.401. The smallest absolute Gasteiger partial charge is 0.0567 e. The Labute approximate surface area is 48.6 Å². The van der Waals surface area contributed by atoms with Crippen molar-refractivity contribution >= 4 is 0 Å². The fourth-order valence-electron chi connectivity index (χ4n) is 0. The number of rotatable bonds is 0. The molecular weight excluding hydrogens is 72.1 g/mol. The Bertz CT molecular complexity index is 161. The molecule has 0 aliphatic rings. The molecule has 0 radical (unpaired) electrons. The van der Waals surface area contributed by atoms with Crippen LogP contribution >= 0.6 is 0 Å². The van der Waals surface area contributed by atoms with Crippen molar-refractivity contribution < 1.29 is 8.22 Å². The van der Waals surface area contributed by atoms with E-state index in [0.29, 0.717) is 0 Å². The van der Waals surface area contributed by atoms with Gasteiger partial charge in [0.25, 0.3) is 0 Å². The Morgan fingerprint density at radius 2 is 2.67 bits per heavy atom. The second kappa shape index (κ2) is 24.8. The second-order valence-electron chi connectivity index (χ2n) is 0.533. The predicted octanol–water partition coefficient (Wildman–Crippen LogP) is 2.38. The highest BCUT2D eigenvalue weighted by molar-refractivity contribution is 4.51. The summed E-state index contributed by atoms with van der Waals surface area (Å²) >= 11 is 0. The molecule has 0 aliphatic heterocycles. The topological polar surface area (TPSA) is 0 Å². The molecular formula is C6H12. The Hall–Kier alpha value is -0.520. The van der Waals surface area contributed by atoms with Crippen molar-refractivity contribution in [2.45, 2.75) is 13.8 Å². The molecule has 36 valence electrons. The number of hydrogen-bond donors (Lipinski definition) is 0. The third-order valence-electron chi connectivity index (χ3n) is 0. The summed E-state index contributed by atoms with van der Waals surface area (Å²) < 4.78 is 39.0. The van der Waals surface area contributed by atoms with Crippen LogP contribution in [0.3, 0.4) is 0 Å². The molecule has 0 spiro atoms. The molecule has 0 heteroatoms. The van der Waals surface area contributed by atoms with Crippen LogP contribution in [0.4, 0.5) is 0 Å². The molecule has 0 heterocycles. The molecule has 0 saturated carbocycles. The van der Waals surface area contributed by atoms with E-state index in [0.717, 1.165) is 0 Å². The fourth-order valence-corrected chi connectivity index (χ4v) is 0. The van der Waals surface area contributed by atoms with E-state index in [4.69, 9.17) is 8.22 Å². The van der Waals surface area contributed by atoms with E-state index in [1.54, 1.807) is 6.08 Å². The lowest BCUT2D eigenvalue weighted by Crippen LogP contribution is -1.07. The van der Waals surface area contributed by atoms with Gasteiger partial charge in [0.15, 0.2) is 0 Å². The van der Waals surface area contributed by atoms with Crippen LogP contribution in [0.25, 0.3) is 0 Å². The van der Waals surface area contributed by atoms with E-state index in [9.17, 15) is 0 Å². The number of hydrogen-bond acceptors (Lipinski definition) is 0. The highest BCUT2D eigenvalue weighted by atomic mass is 13.2. The summed E-state index contributed by atoms with van der Waals surface area (Å²) in [7, 11) is 0. The molecule has 0 unspecified atom stereocenters. The van der Waals surface area contributed by atoms with Gasteiger partial charge in [-0.2, -0.15) is 0 Å². The summed E-state index contributed by atoms with van der Waals surface area (Å²) in [6, 6.07) is -0.914. The summed E-state index contributed by atoms with van der Waals surface area (Å²) in [6.45, 7) is 1.70. The van der Waals surface area contributed by atoms with Crippen molar-refractivity contribution in [3.05, 3.63) is 25.2 Å². The monoisotopic (exact) mass is 90.1 g/mol. The van der Waals surface area contributed by atoms with Gasteiger partial charge in [-0.25, -0.2) is 0 Å². The Kier molecular flexibility index (Phi) is 5.05. The summed E-state index contributed by atoms with van der Waals surface area (Å²) in [5.74, 6) is 0. The van der Waals surface area contributed by atoms with Gasteiger partial charge in [0.2, 0.25) is 0 Å². The first-order valence-corrected chi connectivity index (χ1v) is 1.49. The first-order chi connectivity index (χ1) is 5.27. The largest absolute Gasteiger partial charge is 0.103 e. The molecule has 0 aromatic carbocycles. The lowest BCUT2D eigenvalue weighted by atomic mass is 10.8. The molecule has 0 nitrogen and oxygen atoms in total. The van der Waals surface area contributed by atoms with Crippen molar-refractivity contribution in [1.29, 1.82) is 0 Å². The van der Waals surface area contributed by atoms with Gasteiger partial charge in [-0.1, -0.05) is 12.1 Å². The van der Waals surface area contributed by atoms with E-state index in [1.807, 2.05) is 6.92 Å². The van der Waals surface area contributed by atoms with E-state index in [1.165, 1.54) is 0 Å². The van der Waals surface area contributed by atoms with Gasteiger partial charge in [-0.05, 0) is 13.8 Å². The Balaban J connectivity index is 0. The van der Waals surface area contributed by atoms with E-state index in [-0.39, 0.29) is 0 Å². The second-order valence-corrected chi connectivity index (χ2v) is 0.533. The van der Waals surface area contributed by atoms with Crippen molar-refractivity contribution in [1.82, 2.24) is 0 Å². The third kappa shape index (κ3) is 79.2. The maximum absolute atomic E-state index is 6.62. The van der Waals surface area contributed by atoms with Crippen LogP contribution in [0.1, 0.15) is 22.0 Å². The summed E-state index contributed by atoms with van der Waals surface area (Å²) in [5, 5.41) is 0. The van der Waals surface area contributed by atoms with Crippen LogP contribution in [-0.4, -0.2) is 0 Å². The minimum absolute atomic E-state index is 0.914. The molecule has 0 amide bonds. The molecule has 6 heavy (non-hydrogen) atoms. The Morgan fingerprint density at radius 1 is 2.17 bits per heavy atom. The average Bonchev–Trinajstić information content (AvgIpc) is 1.85. The lowest BCUT2D eigenvalue weighted by molar-refractivity contribution is 1.80. The van der Waals surface area contributed by atoms with Crippen LogP contribution in [-0.2, 0) is 0 Å². The zero-order chi connectivity index (χ0) is 10.4. The summed E-state index contributed by atoms with van der Waals surface area (Å²) in [5.41, 5.74) is 0. The van der Waals surface area contributed by atoms with Crippen LogP contribution in [0.5, 0.6) is 0 Å². The van der Waals surface area contributed by atoms with Crippen molar-refractivity contribution in [3.63, 3.8) is 0 Å². The van der Waals surface area contributed by atoms with E-state index < -0.39 is 19.4 Å². The van der Waals surface area contributed by atoms with Gasteiger partial charge < -0.3 is 0 Å². The molecule has 0 atom stereocenters. The minimum atomic E-state index is -2.60. The van der Waals surface area contributed by atoms with Crippen LogP contribution in [0.15, 0.2) is 25.2 Å². The molecule has 0 aromatic heterocycles. The maximum Gasteiger partial charge on any atom is 0.0567 e. The van der Waals surface area contributed by atoms with Gasteiger partial charge >= 0.3 is 0 Å². The average molecular weight is 90.2 g/mol.